The molecule has 0 N–H and O–H groups in total. The fourth-order valence-corrected chi connectivity index (χ4v) is 4.80. The maximum absolute atomic E-state index is 13.3. The van der Waals surface area contributed by atoms with Gasteiger partial charge in [0.25, 0.3) is 0 Å². The minimum Gasteiger partial charge on any atom is -0.381 e. The lowest BCUT2D eigenvalue weighted by atomic mass is 9.99. The molecule has 3 heterocycles. The predicted molar refractivity (Wildman–Crippen MR) is 93.7 cm³/mol. The molecule has 1 aromatic carbocycles. The summed E-state index contributed by atoms with van der Waals surface area (Å²) in [4.78, 5) is 17.4. The van der Waals surface area contributed by atoms with E-state index in [9.17, 15) is 9.18 Å². The third kappa shape index (κ3) is 3.72. The standard InChI is InChI=1S/C20H27FN2O2/c21-17-3-1-2-16(12-17)13-20(24)23-9-5-18-19(23)4-8-22(18)14-15-6-10-25-11-7-15/h1-3,12,15,18-19H,4-11,13-14H2/t18-,19+/m1/s1. The quantitative estimate of drug-likeness (QED) is 0.840. The normalized spacial score (nSPS) is 27.6. The second-order valence-corrected chi connectivity index (χ2v) is 7.66. The number of fused-ring (bicyclic) bond motifs is 1. The molecule has 4 rings (SSSR count). The number of ether oxygens (including phenoxy) is 1. The SMILES string of the molecule is O=C(Cc1cccc(F)c1)N1CC[C@@H]2[C@@H]1CCN2CC1CCOCC1. The number of amides is 1. The van der Waals surface area contributed by atoms with Crippen molar-refractivity contribution in [2.75, 3.05) is 32.8 Å². The lowest BCUT2D eigenvalue weighted by Gasteiger charge is -2.30. The molecule has 3 saturated heterocycles. The summed E-state index contributed by atoms with van der Waals surface area (Å²) < 4.78 is 18.8. The van der Waals surface area contributed by atoms with Gasteiger partial charge in [-0.1, -0.05) is 12.1 Å². The smallest absolute Gasteiger partial charge is 0.227 e. The Labute approximate surface area is 148 Å². The van der Waals surface area contributed by atoms with E-state index in [1.165, 1.54) is 12.1 Å². The minimum atomic E-state index is -0.270. The molecule has 0 bridgehead atoms. The van der Waals surface area contributed by atoms with Gasteiger partial charge in [-0.25, -0.2) is 4.39 Å². The second-order valence-electron chi connectivity index (χ2n) is 7.66. The van der Waals surface area contributed by atoms with E-state index in [0.717, 1.165) is 70.0 Å². The molecule has 3 fully saturated rings. The van der Waals surface area contributed by atoms with Crippen LogP contribution in [0.15, 0.2) is 24.3 Å². The Morgan fingerprint density at radius 1 is 1.12 bits per heavy atom. The van der Waals surface area contributed by atoms with Gasteiger partial charge in [0.05, 0.1) is 6.42 Å². The van der Waals surface area contributed by atoms with Crippen LogP contribution < -0.4 is 0 Å². The van der Waals surface area contributed by atoms with Gasteiger partial charge in [-0.15, -0.1) is 0 Å². The number of nitrogens with zero attached hydrogens (tertiary/aromatic N) is 2. The van der Waals surface area contributed by atoms with Gasteiger partial charge >= 0.3 is 0 Å². The van der Waals surface area contributed by atoms with Crippen molar-refractivity contribution in [3.63, 3.8) is 0 Å². The molecule has 25 heavy (non-hydrogen) atoms. The lowest BCUT2D eigenvalue weighted by Crippen LogP contribution is -2.41. The van der Waals surface area contributed by atoms with Gasteiger partial charge in [0.1, 0.15) is 5.82 Å². The van der Waals surface area contributed by atoms with E-state index in [0.29, 0.717) is 18.5 Å². The number of hydrogen-bond donors (Lipinski definition) is 0. The van der Waals surface area contributed by atoms with Crippen LogP contribution in [0.25, 0.3) is 0 Å². The Hall–Kier alpha value is -1.46. The maximum Gasteiger partial charge on any atom is 0.227 e. The molecular weight excluding hydrogens is 319 g/mol. The number of likely N-dealkylation sites (tertiary alicyclic amines) is 2. The van der Waals surface area contributed by atoms with Crippen LogP contribution >= 0.6 is 0 Å². The van der Waals surface area contributed by atoms with Crippen LogP contribution in [0, 0.1) is 11.7 Å². The highest BCUT2D eigenvalue weighted by atomic mass is 19.1. The first-order valence-electron chi connectivity index (χ1n) is 9.56. The molecule has 1 aromatic rings. The van der Waals surface area contributed by atoms with E-state index in [2.05, 4.69) is 9.80 Å². The first-order chi connectivity index (χ1) is 12.2. The molecule has 0 spiro atoms. The van der Waals surface area contributed by atoms with Crippen molar-refractivity contribution in [1.82, 2.24) is 9.80 Å². The number of carbonyl (C=O) groups excluding carboxylic acids is 1. The van der Waals surface area contributed by atoms with Crippen molar-refractivity contribution in [2.24, 2.45) is 5.92 Å². The highest BCUT2D eigenvalue weighted by molar-refractivity contribution is 5.79. The molecule has 0 aromatic heterocycles. The van der Waals surface area contributed by atoms with E-state index in [4.69, 9.17) is 4.74 Å². The van der Waals surface area contributed by atoms with Crippen LogP contribution in [0.5, 0.6) is 0 Å². The highest BCUT2D eigenvalue weighted by Gasteiger charge is 2.44. The number of carbonyl (C=O) groups is 1. The van der Waals surface area contributed by atoms with Crippen molar-refractivity contribution in [3.8, 4) is 0 Å². The summed E-state index contributed by atoms with van der Waals surface area (Å²) in [6.07, 6.45) is 4.78. The van der Waals surface area contributed by atoms with E-state index in [1.807, 2.05) is 6.07 Å². The summed E-state index contributed by atoms with van der Waals surface area (Å²) in [6.45, 7) is 4.87. The Bertz CT molecular complexity index is 617. The van der Waals surface area contributed by atoms with Gasteiger partial charge in [0.15, 0.2) is 0 Å². The summed E-state index contributed by atoms with van der Waals surface area (Å²) >= 11 is 0. The molecular formula is C20H27FN2O2. The zero-order chi connectivity index (χ0) is 17.2. The second kappa shape index (κ2) is 7.42. The fraction of sp³-hybridized carbons (Fsp3) is 0.650. The van der Waals surface area contributed by atoms with Crippen molar-refractivity contribution >= 4 is 5.91 Å². The van der Waals surface area contributed by atoms with Gasteiger partial charge in [0.2, 0.25) is 5.91 Å². The molecule has 0 saturated carbocycles. The zero-order valence-corrected chi connectivity index (χ0v) is 14.7. The third-order valence-corrected chi connectivity index (χ3v) is 6.09. The number of benzene rings is 1. The third-order valence-electron chi connectivity index (χ3n) is 6.09. The molecule has 4 nitrogen and oxygen atoms in total. The molecule has 0 unspecified atom stereocenters. The van der Waals surface area contributed by atoms with E-state index >= 15 is 0 Å². The van der Waals surface area contributed by atoms with Crippen LogP contribution in [0.4, 0.5) is 4.39 Å². The summed E-state index contributed by atoms with van der Waals surface area (Å²) in [7, 11) is 0. The molecule has 3 aliphatic rings. The first-order valence-corrected chi connectivity index (χ1v) is 9.56. The topological polar surface area (TPSA) is 32.8 Å². The van der Waals surface area contributed by atoms with Gasteiger partial charge in [-0.05, 0) is 49.3 Å². The lowest BCUT2D eigenvalue weighted by molar-refractivity contribution is -0.131. The molecule has 3 aliphatic heterocycles. The monoisotopic (exact) mass is 346 g/mol. The Balaban J connectivity index is 1.35. The molecule has 1 amide bonds. The maximum atomic E-state index is 13.3. The molecule has 0 radical (unpaired) electrons. The molecule has 0 aliphatic carbocycles. The molecule has 5 heteroatoms. The number of halogens is 1. The summed E-state index contributed by atoms with van der Waals surface area (Å²) in [6, 6.07) is 7.26. The average Bonchev–Trinajstić information content (AvgIpc) is 3.19. The fourth-order valence-electron chi connectivity index (χ4n) is 4.80. The number of rotatable bonds is 4. The Morgan fingerprint density at radius 3 is 2.72 bits per heavy atom. The molecule has 2 atom stereocenters. The van der Waals surface area contributed by atoms with Gasteiger partial charge in [-0.2, -0.15) is 0 Å². The predicted octanol–water partition coefficient (Wildman–Crippen LogP) is 2.47. The van der Waals surface area contributed by atoms with Crippen LogP contribution in [-0.4, -0.2) is 60.6 Å². The largest absolute Gasteiger partial charge is 0.381 e. The van der Waals surface area contributed by atoms with Crippen LogP contribution in [0.1, 0.15) is 31.2 Å². The molecule has 136 valence electrons. The first kappa shape index (κ1) is 17.0. The highest BCUT2D eigenvalue weighted by Crippen LogP contribution is 2.33. The number of hydrogen-bond acceptors (Lipinski definition) is 3. The average molecular weight is 346 g/mol. The van der Waals surface area contributed by atoms with E-state index in [-0.39, 0.29) is 11.7 Å². The minimum absolute atomic E-state index is 0.144. The summed E-state index contributed by atoms with van der Waals surface area (Å²) in [5.41, 5.74) is 0.769. The zero-order valence-electron chi connectivity index (χ0n) is 14.7. The van der Waals surface area contributed by atoms with Gasteiger partial charge < -0.3 is 9.64 Å². The Morgan fingerprint density at radius 2 is 1.92 bits per heavy atom. The van der Waals surface area contributed by atoms with Crippen molar-refractivity contribution in [1.29, 1.82) is 0 Å². The van der Waals surface area contributed by atoms with E-state index < -0.39 is 0 Å². The van der Waals surface area contributed by atoms with Crippen LogP contribution in [0.3, 0.4) is 0 Å². The van der Waals surface area contributed by atoms with Gasteiger partial charge in [0, 0.05) is 44.9 Å². The van der Waals surface area contributed by atoms with Crippen LogP contribution in [0.2, 0.25) is 0 Å². The van der Waals surface area contributed by atoms with Crippen molar-refractivity contribution in [2.45, 2.75) is 44.2 Å². The van der Waals surface area contributed by atoms with Crippen LogP contribution in [-0.2, 0) is 16.0 Å². The summed E-state index contributed by atoms with van der Waals surface area (Å²) in [5, 5.41) is 0. The van der Waals surface area contributed by atoms with Crippen molar-refractivity contribution < 1.29 is 13.9 Å². The van der Waals surface area contributed by atoms with Gasteiger partial charge in [-0.3, -0.25) is 9.69 Å². The summed E-state index contributed by atoms with van der Waals surface area (Å²) in [5.74, 6) is 0.615. The van der Waals surface area contributed by atoms with E-state index in [1.54, 1.807) is 6.07 Å². The Kier molecular flexibility index (Phi) is 5.04. The van der Waals surface area contributed by atoms with Crippen molar-refractivity contribution in [3.05, 3.63) is 35.6 Å².